The molecule has 1 amide bonds. The number of nitrogens with one attached hydrogen (secondary N) is 2. The van der Waals surface area contributed by atoms with Crippen LogP contribution in [0, 0.1) is 11.6 Å². The fraction of sp³-hybridized carbons (Fsp3) is 0.381. The molecule has 9 heteroatoms. The van der Waals surface area contributed by atoms with Crippen LogP contribution in [0.5, 0.6) is 0 Å². The lowest BCUT2D eigenvalue weighted by Crippen LogP contribution is -2.30. The van der Waals surface area contributed by atoms with Gasteiger partial charge in [0.15, 0.2) is 5.65 Å². The summed E-state index contributed by atoms with van der Waals surface area (Å²) in [5.74, 6) is -1.56. The van der Waals surface area contributed by atoms with E-state index in [1.807, 2.05) is 6.92 Å². The molecular weight excluding hydrogens is 392 g/mol. The molecule has 7 nitrogen and oxygen atoms in total. The standard InChI is InChI=1S/C21H23F2N5O2/c1-2-28-20-16(12-26-28)19(27-15-5-7-30-8-6-15)17(11-24-20)21(29)25-10-13-9-14(22)3-4-18(13)23/h3-4,9,11-12,15H,2,5-8,10H2,1H3,(H,24,27)(H,25,29). The number of hydrogen-bond acceptors (Lipinski definition) is 5. The molecule has 1 aliphatic rings. The number of rotatable bonds is 6. The molecule has 0 atom stereocenters. The summed E-state index contributed by atoms with van der Waals surface area (Å²) in [6, 6.07) is 3.31. The van der Waals surface area contributed by atoms with Gasteiger partial charge in [-0.25, -0.2) is 18.4 Å². The third-order valence-corrected chi connectivity index (χ3v) is 5.23. The first-order valence-electron chi connectivity index (χ1n) is 9.97. The maximum Gasteiger partial charge on any atom is 0.255 e. The van der Waals surface area contributed by atoms with Gasteiger partial charge in [0, 0.05) is 44.1 Å². The quantitative estimate of drug-likeness (QED) is 0.646. The van der Waals surface area contributed by atoms with Crippen molar-refractivity contribution in [3.63, 3.8) is 0 Å². The number of carbonyl (C=O) groups excluding carboxylic acids is 1. The second-order valence-corrected chi connectivity index (χ2v) is 7.19. The van der Waals surface area contributed by atoms with Gasteiger partial charge in [-0.3, -0.25) is 4.79 Å². The Morgan fingerprint density at radius 3 is 2.83 bits per heavy atom. The monoisotopic (exact) mass is 415 g/mol. The highest BCUT2D eigenvalue weighted by Gasteiger charge is 2.22. The van der Waals surface area contributed by atoms with Gasteiger partial charge in [0.25, 0.3) is 5.91 Å². The first kappa shape index (κ1) is 20.2. The van der Waals surface area contributed by atoms with E-state index in [2.05, 4.69) is 20.7 Å². The Labute approximate surface area is 172 Å². The molecule has 2 N–H and O–H groups in total. The maximum atomic E-state index is 13.9. The molecule has 2 aromatic heterocycles. The van der Waals surface area contributed by atoms with Crippen LogP contribution in [0.1, 0.15) is 35.7 Å². The lowest BCUT2D eigenvalue weighted by atomic mass is 10.1. The van der Waals surface area contributed by atoms with E-state index in [9.17, 15) is 13.6 Å². The maximum absolute atomic E-state index is 13.9. The number of nitrogens with zero attached hydrogens (tertiary/aromatic N) is 3. The number of anilines is 1. The van der Waals surface area contributed by atoms with Gasteiger partial charge in [0.1, 0.15) is 11.6 Å². The van der Waals surface area contributed by atoms with Gasteiger partial charge in [-0.05, 0) is 38.0 Å². The molecule has 30 heavy (non-hydrogen) atoms. The van der Waals surface area contributed by atoms with Crippen molar-refractivity contribution >= 4 is 22.6 Å². The number of halogens is 2. The Bertz CT molecular complexity index is 1060. The molecular formula is C21H23F2N5O2. The average Bonchev–Trinajstić information content (AvgIpc) is 3.19. The van der Waals surface area contributed by atoms with Crippen LogP contribution in [-0.2, 0) is 17.8 Å². The predicted octanol–water partition coefficient (Wildman–Crippen LogP) is 3.25. The molecule has 1 saturated heterocycles. The second-order valence-electron chi connectivity index (χ2n) is 7.19. The predicted molar refractivity (Wildman–Crippen MR) is 108 cm³/mol. The molecule has 3 heterocycles. The van der Waals surface area contributed by atoms with E-state index in [0.717, 1.165) is 36.4 Å². The molecule has 0 unspecified atom stereocenters. The Morgan fingerprint density at radius 1 is 1.27 bits per heavy atom. The molecule has 0 saturated carbocycles. The highest BCUT2D eigenvalue weighted by atomic mass is 19.1. The largest absolute Gasteiger partial charge is 0.381 e. The SMILES string of the molecule is CCn1ncc2c(NC3CCOCC3)c(C(=O)NCc3cc(F)ccc3F)cnc21. The Hall–Kier alpha value is -3.07. The first-order chi connectivity index (χ1) is 14.6. The summed E-state index contributed by atoms with van der Waals surface area (Å²) in [6.45, 7) is 3.79. The Morgan fingerprint density at radius 2 is 2.07 bits per heavy atom. The van der Waals surface area contributed by atoms with Crippen molar-refractivity contribution in [2.45, 2.75) is 38.9 Å². The number of ether oxygens (including phenoxy) is 1. The van der Waals surface area contributed by atoms with Crippen molar-refractivity contribution in [3.8, 4) is 0 Å². The number of amides is 1. The number of aromatic nitrogens is 3. The molecule has 0 spiro atoms. The van der Waals surface area contributed by atoms with E-state index in [-0.39, 0.29) is 18.2 Å². The first-order valence-corrected chi connectivity index (χ1v) is 9.97. The van der Waals surface area contributed by atoms with Gasteiger partial charge in [-0.2, -0.15) is 5.10 Å². The van der Waals surface area contributed by atoms with Crippen LogP contribution in [-0.4, -0.2) is 39.9 Å². The summed E-state index contributed by atoms with van der Waals surface area (Å²) < 4.78 is 34.5. The van der Waals surface area contributed by atoms with E-state index >= 15 is 0 Å². The molecule has 1 aliphatic heterocycles. The van der Waals surface area contributed by atoms with Crippen LogP contribution in [0.4, 0.5) is 14.5 Å². The smallest absolute Gasteiger partial charge is 0.255 e. The van der Waals surface area contributed by atoms with Crippen LogP contribution in [0.2, 0.25) is 0 Å². The fourth-order valence-corrected chi connectivity index (χ4v) is 3.58. The number of pyridine rings is 1. The van der Waals surface area contributed by atoms with E-state index in [4.69, 9.17) is 4.74 Å². The zero-order chi connectivity index (χ0) is 21.1. The number of carbonyl (C=O) groups is 1. The van der Waals surface area contributed by atoms with E-state index in [1.54, 1.807) is 10.9 Å². The second kappa shape index (κ2) is 8.74. The third kappa shape index (κ3) is 4.11. The average molecular weight is 415 g/mol. The molecule has 158 valence electrons. The highest BCUT2D eigenvalue weighted by molar-refractivity contribution is 6.06. The normalized spacial score (nSPS) is 14.8. The summed E-state index contributed by atoms with van der Waals surface area (Å²) in [5, 5.41) is 11.2. The van der Waals surface area contributed by atoms with Crippen LogP contribution in [0.15, 0.2) is 30.6 Å². The van der Waals surface area contributed by atoms with Crippen LogP contribution < -0.4 is 10.6 Å². The van der Waals surface area contributed by atoms with Gasteiger partial charge in [0.2, 0.25) is 0 Å². The molecule has 1 aromatic carbocycles. The minimum absolute atomic E-state index is 0.0788. The number of hydrogen-bond donors (Lipinski definition) is 2. The van der Waals surface area contributed by atoms with Crippen molar-refractivity contribution in [1.82, 2.24) is 20.1 Å². The molecule has 3 aromatic rings. The minimum atomic E-state index is -0.574. The zero-order valence-corrected chi connectivity index (χ0v) is 16.6. The van der Waals surface area contributed by atoms with Crippen molar-refractivity contribution in [2.75, 3.05) is 18.5 Å². The molecule has 4 rings (SSSR count). The minimum Gasteiger partial charge on any atom is -0.381 e. The van der Waals surface area contributed by atoms with Crippen LogP contribution in [0.25, 0.3) is 11.0 Å². The van der Waals surface area contributed by atoms with Crippen molar-refractivity contribution in [2.24, 2.45) is 0 Å². The summed E-state index contributed by atoms with van der Waals surface area (Å²) in [5.41, 5.74) is 1.74. The summed E-state index contributed by atoms with van der Waals surface area (Å²) >= 11 is 0. The van der Waals surface area contributed by atoms with E-state index in [0.29, 0.717) is 36.7 Å². The van der Waals surface area contributed by atoms with Gasteiger partial charge < -0.3 is 15.4 Å². The summed E-state index contributed by atoms with van der Waals surface area (Å²) in [6.07, 6.45) is 4.83. The topological polar surface area (TPSA) is 81.1 Å². The van der Waals surface area contributed by atoms with Gasteiger partial charge in [0.05, 0.1) is 22.8 Å². The molecule has 0 radical (unpaired) electrons. The van der Waals surface area contributed by atoms with Gasteiger partial charge in [-0.1, -0.05) is 0 Å². The molecule has 0 aliphatic carbocycles. The van der Waals surface area contributed by atoms with Crippen molar-refractivity contribution < 1.29 is 18.3 Å². The van der Waals surface area contributed by atoms with Crippen LogP contribution >= 0.6 is 0 Å². The molecule has 1 fully saturated rings. The third-order valence-electron chi connectivity index (χ3n) is 5.23. The highest BCUT2D eigenvalue weighted by Crippen LogP contribution is 2.28. The summed E-state index contributed by atoms with van der Waals surface area (Å²) in [7, 11) is 0. The lowest BCUT2D eigenvalue weighted by molar-refractivity contribution is 0.0904. The summed E-state index contributed by atoms with van der Waals surface area (Å²) in [4.78, 5) is 17.4. The van der Waals surface area contributed by atoms with Crippen molar-refractivity contribution in [3.05, 3.63) is 53.4 Å². The Balaban J connectivity index is 1.63. The number of fused-ring (bicyclic) bond motifs is 1. The fourth-order valence-electron chi connectivity index (χ4n) is 3.58. The van der Waals surface area contributed by atoms with E-state index < -0.39 is 17.5 Å². The zero-order valence-electron chi connectivity index (χ0n) is 16.6. The van der Waals surface area contributed by atoms with Crippen molar-refractivity contribution in [1.29, 1.82) is 0 Å². The van der Waals surface area contributed by atoms with Gasteiger partial charge in [-0.15, -0.1) is 0 Å². The molecule has 0 bridgehead atoms. The number of aryl methyl sites for hydroxylation is 1. The lowest BCUT2D eigenvalue weighted by Gasteiger charge is -2.25. The van der Waals surface area contributed by atoms with Crippen LogP contribution in [0.3, 0.4) is 0 Å². The Kier molecular flexibility index (Phi) is 5.89. The van der Waals surface area contributed by atoms with Gasteiger partial charge >= 0.3 is 0 Å². The van der Waals surface area contributed by atoms with E-state index in [1.165, 1.54) is 6.20 Å². The number of benzene rings is 1.